The molecule has 0 aliphatic carbocycles. The number of ether oxygens (including phenoxy) is 2. The predicted molar refractivity (Wildman–Crippen MR) is 94.6 cm³/mol. The lowest BCUT2D eigenvalue weighted by atomic mass is 10.2. The van der Waals surface area contributed by atoms with Crippen LogP contribution < -0.4 is 9.47 Å². The van der Waals surface area contributed by atoms with E-state index in [0.29, 0.717) is 0 Å². The molecule has 0 radical (unpaired) electrons. The number of oxazole rings is 1. The average molecular weight is 399 g/mol. The minimum Gasteiger partial charge on any atom is -0.482 e. The molecule has 8 nitrogen and oxygen atoms in total. The molecule has 10 heteroatoms. The number of carboxylic acid groups (broad SMARTS) is 1. The highest BCUT2D eigenvalue weighted by molar-refractivity contribution is 5.72. The van der Waals surface area contributed by atoms with E-state index in [-0.39, 0.29) is 40.2 Å². The van der Waals surface area contributed by atoms with E-state index in [9.17, 15) is 13.6 Å². The van der Waals surface area contributed by atoms with Crippen LogP contribution in [0.5, 0.6) is 17.5 Å². The van der Waals surface area contributed by atoms with Gasteiger partial charge in [-0.1, -0.05) is 12.1 Å². The number of para-hydroxylation sites is 1. The van der Waals surface area contributed by atoms with E-state index in [1.807, 2.05) is 0 Å². The Balaban J connectivity index is 1.61. The van der Waals surface area contributed by atoms with Gasteiger partial charge in [0.15, 0.2) is 18.2 Å². The fourth-order valence-electron chi connectivity index (χ4n) is 2.41. The van der Waals surface area contributed by atoms with E-state index in [1.54, 1.807) is 6.07 Å². The van der Waals surface area contributed by atoms with Gasteiger partial charge in [0.25, 0.3) is 5.71 Å². The normalized spacial score (nSPS) is 10.8. The summed E-state index contributed by atoms with van der Waals surface area (Å²) >= 11 is 0. The van der Waals surface area contributed by atoms with E-state index in [4.69, 9.17) is 19.0 Å². The number of aliphatic carboxylic acids is 1. The van der Waals surface area contributed by atoms with Gasteiger partial charge in [0.05, 0.1) is 11.8 Å². The Labute approximate surface area is 161 Å². The van der Waals surface area contributed by atoms with Gasteiger partial charge in [-0.05, 0) is 24.3 Å². The summed E-state index contributed by atoms with van der Waals surface area (Å²) in [7, 11) is 0. The number of fused-ring (bicyclic) bond motifs is 1. The molecule has 0 spiro atoms. The molecule has 1 N–H and O–H groups in total. The minimum atomic E-state index is -1.18. The number of hydrogen-bond donors (Lipinski definition) is 1. The van der Waals surface area contributed by atoms with Gasteiger partial charge in [0, 0.05) is 6.07 Å². The van der Waals surface area contributed by atoms with Gasteiger partial charge >= 0.3 is 12.0 Å². The van der Waals surface area contributed by atoms with E-state index >= 15 is 0 Å². The summed E-state index contributed by atoms with van der Waals surface area (Å²) in [6.45, 7) is -0.595. The largest absolute Gasteiger partial charge is 0.482 e. The number of halogens is 2. The van der Waals surface area contributed by atoms with Crippen LogP contribution in [0.25, 0.3) is 22.7 Å². The smallest absolute Gasteiger partial charge is 0.341 e. The van der Waals surface area contributed by atoms with Crippen molar-refractivity contribution in [1.82, 2.24) is 15.0 Å². The van der Waals surface area contributed by atoms with Gasteiger partial charge in [0.1, 0.15) is 17.1 Å². The zero-order valence-electron chi connectivity index (χ0n) is 14.5. The van der Waals surface area contributed by atoms with Crippen LogP contribution in [0.1, 0.15) is 0 Å². The molecule has 0 saturated heterocycles. The van der Waals surface area contributed by atoms with Crippen LogP contribution in [0.2, 0.25) is 0 Å². The highest BCUT2D eigenvalue weighted by atomic mass is 19.1. The first-order valence-corrected chi connectivity index (χ1v) is 8.20. The van der Waals surface area contributed by atoms with Crippen LogP contribution in [0, 0.1) is 11.6 Å². The summed E-state index contributed by atoms with van der Waals surface area (Å²) in [5, 5.41) is 8.60. The number of carbonyl (C=O) groups is 1. The summed E-state index contributed by atoms with van der Waals surface area (Å²) in [5.74, 6) is -2.57. The molecule has 0 amide bonds. The number of nitrogens with zero attached hydrogens (tertiary/aromatic N) is 3. The molecule has 0 fully saturated rings. The van der Waals surface area contributed by atoms with Crippen LogP contribution in [0.4, 0.5) is 8.78 Å². The summed E-state index contributed by atoms with van der Waals surface area (Å²) in [4.78, 5) is 22.6. The van der Waals surface area contributed by atoms with Gasteiger partial charge in [-0.3, -0.25) is 0 Å². The van der Waals surface area contributed by atoms with E-state index in [0.717, 1.165) is 6.07 Å². The van der Waals surface area contributed by atoms with Crippen molar-refractivity contribution in [3.05, 3.63) is 60.3 Å². The second-order valence-corrected chi connectivity index (χ2v) is 5.72. The number of rotatable bonds is 6. The third kappa shape index (κ3) is 3.95. The number of aromatic nitrogens is 3. The molecular weight excluding hydrogens is 388 g/mol. The molecule has 0 atom stereocenters. The van der Waals surface area contributed by atoms with Crippen LogP contribution in [-0.2, 0) is 4.79 Å². The Bertz CT molecular complexity index is 1210. The molecule has 4 aromatic rings. The lowest BCUT2D eigenvalue weighted by Crippen LogP contribution is -2.09. The second kappa shape index (κ2) is 7.50. The molecule has 0 aliphatic rings. The summed E-state index contributed by atoms with van der Waals surface area (Å²) in [6.07, 6.45) is 1.30. The maximum atomic E-state index is 14.4. The minimum absolute atomic E-state index is 0.0160. The molecule has 29 heavy (non-hydrogen) atoms. The van der Waals surface area contributed by atoms with Crippen molar-refractivity contribution in [2.45, 2.75) is 0 Å². The molecule has 2 aromatic carbocycles. The first-order chi connectivity index (χ1) is 14.0. The van der Waals surface area contributed by atoms with E-state index in [2.05, 4.69) is 15.0 Å². The Kier molecular flexibility index (Phi) is 4.73. The fraction of sp³-hybridized carbons (Fsp3) is 0.0526. The van der Waals surface area contributed by atoms with Gasteiger partial charge in [-0.25, -0.2) is 23.5 Å². The second-order valence-electron chi connectivity index (χ2n) is 5.72. The zero-order chi connectivity index (χ0) is 20.4. The van der Waals surface area contributed by atoms with Crippen molar-refractivity contribution in [2.75, 3.05) is 6.61 Å². The van der Waals surface area contributed by atoms with E-state index < -0.39 is 24.2 Å². The molecular formula is C19H11F2N3O5. The highest BCUT2D eigenvalue weighted by Gasteiger charge is 2.16. The molecule has 0 unspecified atom stereocenters. The summed E-state index contributed by atoms with van der Waals surface area (Å²) in [6, 6.07) is 9.33. The Hall–Kier alpha value is -4.08. The van der Waals surface area contributed by atoms with Gasteiger partial charge in [-0.2, -0.15) is 4.98 Å². The fourth-order valence-corrected chi connectivity index (χ4v) is 2.41. The van der Waals surface area contributed by atoms with E-state index in [1.165, 1.54) is 36.5 Å². The van der Waals surface area contributed by atoms with Crippen molar-refractivity contribution in [3.63, 3.8) is 0 Å². The molecule has 0 aliphatic heterocycles. The molecule has 146 valence electrons. The molecule has 2 heterocycles. The lowest BCUT2D eigenvalue weighted by Gasteiger charge is -2.04. The number of benzene rings is 2. The predicted octanol–water partition coefficient (Wildman–Crippen LogP) is 3.82. The Morgan fingerprint density at radius 2 is 1.93 bits per heavy atom. The first-order valence-electron chi connectivity index (χ1n) is 8.20. The maximum absolute atomic E-state index is 14.4. The monoisotopic (exact) mass is 399 g/mol. The van der Waals surface area contributed by atoms with Gasteiger partial charge in [0.2, 0.25) is 5.89 Å². The summed E-state index contributed by atoms with van der Waals surface area (Å²) in [5.41, 5.74) is 0.278. The molecule has 0 saturated carbocycles. The van der Waals surface area contributed by atoms with Crippen molar-refractivity contribution >= 4 is 17.2 Å². The Morgan fingerprint density at radius 3 is 2.69 bits per heavy atom. The van der Waals surface area contributed by atoms with Crippen LogP contribution in [-0.4, -0.2) is 32.6 Å². The zero-order valence-corrected chi connectivity index (χ0v) is 14.5. The standard InChI is InChI=1S/C19H11F2N3O5/c20-12-3-1-2-4-15(12)28-19-22-8-14-18(24-19)29-17(23-14)11-6-5-10(7-13(11)21)27-9-16(25)26/h1-8H,9H2,(H,25,26). The van der Waals surface area contributed by atoms with Gasteiger partial charge < -0.3 is 19.0 Å². The van der Waals surface area contributed by atoms with Crippen LogP contribution in [0.15, 0.2) is 53.1 Å². The molecule has 0 bridgehead atoms. The highest BCUT2D eigenvalue weighted by Crippen LogP contribution is 2.29. The van der Waals surface area contributed by atoms with Crippen molar-refractivity contribution < 1.29 is 32.6 Å². The number of carboxylic acids is 1. The SMILES string of the molecule is O=C(O)COc1ccc(-c2nc3cnc(Oc4ccccc4F)nc3o2)c(F)c1. The lowest BCUT2D eigenvalue weighted by molar-refractivity contribution is -0.139. The molecule has 2 aromatic heterocycles. The van der Waals surface area contributed by atoms with Gasteiger partial charge in [-0.15, -0.1) is 0 Å². The van der Waals surface area contributed by atoms with Crippen molar-refractivity contribution in [1.29, 1.82) is 0 Å². The maximum Gasteiger partial charge on any atom is 0.341 e. The van der Waals surface area contributed by atoms with Crippen LogP contribution in [0.3, 0.4) is 0 Å². The van der Waals surface area contributed by atoms with Crippen molar-refractivity contribution in [3.8, 4) is 29.0 Å². The summed E-state index contributed by atoms with van der Waals surface area (Å²) < 4.78 is 43.7. The average Bonchev–Trinajstić information content (AvgIpc) is 3.11. The molecule has 4 rings (SSSR count). The first kappa shape index (κ1) is 18.3. The topological polar surface area (TPSA) is 108 Å². The van der Waals surface area contributed by atoms with Crippen molar-refractivity contribution in [2.24, 2.45) is 0 Å². The Morgan fingerprint density at radius 1 is 1.10 bits per heavy atom. The quantitative estimate of drug-likeness (QED) is 0.521. The third-order valence-electron chi connectivity index (χ3n) is 3.70. The van der Waals surface area contributed by atoms with Crippen LogP contribution >= 0.6 is 0 Å². The third-order valence-corrected chi connectivity index (χ3v) is 3.70. The number of hydrogen-bond acceptors (Lipinski definition) is 7.